The summed E-state index contributed by atoms with van der Waals surface area (Å²) in [4.78, 5) is 25.6. The Labute approximate surface area is 132 Å². The van der Waals surface area contributed by atoms with Crippen molar-refractivity contribution in [3.63, 3.8) is 0 Å². The highest BCUT2D eigenvalue weighted by atomic mass is 32.2. The number of carboxylic acid groups (broad SMARTS) is 1. The largest absolute Gasteiger partial charge is 0.477 e. The molecule has 3 rings (SSSR count). The number of carbonyl (C=O) groups excluding carboxylic acids is 1. The fraction of sp³-hybridized carbons (Fsp3) is 0.467. The summed E-state index contributed by atoms with van der Waals surface area (Å²) in [7, 11) is 0. The fourth-order valence-electron chi connectivity index (χ4n) is 3.15. The van der Waals surface area contributed by atoms with Crippen LogP contribution in [0.2, 0.25) is 0 Å². The molecule has 2 aliphatic heterocycles. The van der Waals surface area contributed by atoms with Gasteiger partial charge in [0.05, 0.1) is 18.1 Å². The lowest BCUT2D eigenvalue weighted by Gasteiger charge is -2.44. The van der Waals surface area contributed by atoms with E-state index < -0.39 is 18.0 Å². The lowest BCUT2D eigenvalue weighted by Crippen LogP contribution is -2.61. The van der Waals surface area contributed by atoms with Gasteiger partial charge in [-0.15, -0.1) is 11.8 Å². The molecule has 1 aromatic heterocycles. The molecular weight excluding hydrogens is 304 g/mol. The number of rotatable bonds is 6. The molecule has 0 aliphatic carbocycles. The molecule has 1 fully saturated rings. The summed E-state index contributed by atoms with van der Waals surface area (Å²) >= 11 is 1.48. The van der Waals surface area contributed by atoms with Crippen molar-refractivity contribution in [1.29, 1.82) is 0 Å². The molecule has 1 aromatic rings. The van der Waals surface area contributed by atoms with Crippen molar-refractivity contribution >= 4 is 23.6 Å². The number of amides is 1. The predicted octanol–water partition coefficient (Wildman–Crippen LogP) is 1.13. The summed E-state index contributed by atoms with van der Waals surface area (Å²) in [5.41, 5.74) is 0.101. The molecule has 0 saturated carbocycles. The standard InChI is InChI=1S/C15H18N2O4S/c1-9(18)12-10-8-11(13(15(20)21)17(10)14(12)19)22-7-6-16-4-2-3-5-16/h2-5,9-10,12,18H,6-8H2,1H3,(H,20,21)/t9-,10+,12-/m0/s1. The van der Waals surface area contributed by atoms with E-state index in [1.54, 1.807) is 6.92 Å². The van der Waals surface area contributed by atoms with Gasteiger partial charge in [-0.05, 0) is 19.1 Å². The molecule has 0 radical (unpaired) electrons. The third-order valence-corrected chi connectivity index (χ3v) is 5.28. The Balaban J connectivity index is 1.70. The van der Waals surface area contributed by atoms with E-state index in [1.165, 1.54) is 16.7 Å². The minimum atomic E-state index is -1.07. The second-order valence-electron chi connectivity index (χ2n) is 5.59. The molecule has 3 heterocycles. The normalized spacial score (nSPS) is 25.2. The lowest BCUT2D eigenvalue weighted by molar-refractivity contribution is -0.161. The van der Waals surface area contributed by atoms with Crippen molar-refractivity contribution < 1.29 is 19.8 Å². The van der Waals surface area contributed by atoms with Gasteiger partial charge in [0, 0.05) is 36.0 Å². The monoisotopic (exact) mass is 322 g/mol. The molecular formula is C15H18N2O4S. The van der Waals surface area contributed by atoms with Crippen molar-refractivity contribution in [3.8, 4) is 0 Å². The molecule has 118 valence electrons. The summed E-state index contributed by atoms with van der Waals surface area (Å²) in [5, 5.41) is 19.1. The van der Waals surface area contributed by atoms with Crippen LogP contribution in [0.5, 0.6) is 0 Å². The molecule has 0 unspecified atom stereocenters. The zero-order valence-electron chi connectivity index (χ0n) is 12.2. The number of aryl methyl sites for hydroxylation is 1. The molecule has 1 saturated heterocycles. The number of hydrogen-bond donors (Lipinski definition) is 2. The van der Waals surface area contributed by atoms with Gasteiger partial charge in [-0.25, -0.2) is 4.79 Å². The Morgan fingerprint density at radius 1 is 1.45 bits per heavy atom. The number of aliphatic hydroxyl groups is 1. The highest BCUT2D eigenvalue weighted by Gasteiger charge is 2.56. The van der Waals surface area contributed by atoms with E-state index in [2.05, 4.69) is 0 Å². The molecule has 6 nitrogen and oxygen atoms in total. The van der Waals surface area contributed by atoms with E-state index in [0.717, 1.165) is 17.2 Å². The molecule has 0 aromatic carbocycles. The van der Waals surface area contributed by atoms with Gasteiger partial charge >= 0.3 is 5.97 Å². The minimum Gasteiger partial charge on any atom is -0.477 e. The molecule has 0 bridgehead atoms. The van der Waals surface area contributed by atoms with Gasteiger partial charge in [-0.1, -0.05) is 0 Å². The van der Waals surface area contributed by atoms with E-state index in [9.17, 15) is 19.8 Å². The second kappa shape index (κ2) is 5.81. The van der Waals surface area contributed by atoms with E-state index in [0.29, 0.717) is 6.42 Å². The van der Waals surface area contributed by atoms with Gasteiger partial charge in [0.2, 0.25) is 5.91 Å². The van der Waals surface area contributed by atoms with Crippen LogP contribution in [0.1, 0.15) is 13.3 Å². The van der Waals surface area contributed by atoms with Crippen molar-refractivity contribution in [2.75, 3.05) is 5.75 Å². The molecule has 7 heteroatoms. The summed E-state index contributed by atoms with van der Waals surface area (Å²) in [6.45, 7) is 2.37. The predicted molar refractivity (Wildman–Crippen MR) is 82.0 cm³/mol. The van der Waals surface area contributed by atoms with Crippen LogP contribution in [-0.2, 0) is 16.1 Å². The Hall–Kier alpha value is -1.73. The molecule has 2 aliphatic rings. The topological polar surface area (TPSA) is 82.8 Å². The second-order valence-corrected chi connectivity index (χ2v) is 6.78. The van der Waals surface area contributed by atoms with Crippen LogP contribution in [0.25, 0.3) is 0 Å². The number of carboxylic acids is 1. The van der Waals surface area contributed by atoms with E-state index >= 15 is 0 Å². The maximum absolute atomic E-state index is 12.1. The van der Waals surface area contributed by atoms with Gasteiger partial charge in [-0.3, -0.25) is 4.79 Å². The Kier molecular flexibility index (Phi) is 4.01. The van der Waals surface area contributed by atoms with Crippen LogP contribution in [-0.4, -0.2) is 49.5 Å². The quantitative estimate of drug-likeness (QED) is 0.767. The Morgan fingerprint density at radius 2 is 2.14 bits per heavy atom. The van der Waals surface area contributed by atoms with Crippen LogP contribution < -0.4 is 0 Å². The molecule has 2 N–H and O–H groups in total. The average Bonchev–Trinajstić information content (AvgIpc) is 3.04. The molecule has 3 atom stereocenters. The van der Waals surface area contributed by atoms with Crippen molar-refractivity contribution in [2.24, 2.45) is 5.92 Å². The Morgan fingerprint density at radius 3 is 2.73 bits per heavy atom. The number of aromatic nitrogens is 1. The zero-order valence-corrected chi connectivity index (χ0v) is 13.0. The van der Waals surface area contributed by atoms with E-state index in [1.807, 2.05) is 29.1 Å². The maximum Gasteiger partial charge on any atom is 0.353 e. The van der Waals surface area contributed by atoms with Gasteiger partial charge < -0.3 is 19.7 Å². The summed E-state index contributed by atoms with van der Waals surface area (Å²) < 4.78 is 2.03. The number of hydrogen-bond acceptors (Lipinski definition) is 4. The maximum atomic E-state index is 12.1. The van der Waals surface area contributed by atoms with E-state index in [4.69, 9.17) is 0 Å². The number of thioether (sulfide) groups is 1. The van der Waals surface area contributed by atoms with Crippen molar-refractivity contribution in [1.82, 2.24) is 9.47 Å². The first kappa shape index (κ1) is 15.2. The number of fused-ring (bicyclic) bond motifs is 1. The molecule has 22 heavy (non-hydrogen) atoms. The first-order chi connectivity index (χ1) is 10.5. The lowest BCUT2D eigenvalue weighted by atomic mass is 9.83. The van der Waals surface area contributed by atoms with Gasteiger partial charge in [-0.2, -0.15) is 0 Å². The van der Waals surface area contributed by atoms with Crippen LogP contribution in [0.4, 0.5) is 0 Å². The van der Waals surface area contributed by atoms with Crippen LogP contribution in [0.15, 0.2) is 35.1 Å². The third-order valence-electron chi connectivity index (χ3n) is 4.18. The number of carbonyl (C=O) groups is 2. The van der Waals surface area contributed by atoms with Crippen molar-refractivity contribution in [2.45, 2.75) is 32.0 Å². The third kappa shape index (κ3) is 2.44. The highest BCUT2D eigenvalue weighted by Crippen LogP contribution is 2.46. The highest BCUT2D eigenvalue weighted by molar-refractivity contribution is 8.03. The Bertz CT molecular complexity index is 623. The zero-order chi connectivity index (χ0) is 15.9. The smallest absolute Gasteiger partial charge is 0.353 e. The molecule has 1 amide bonds. The molecule has 0 spiro atoms. The van der Waals surface area contributed by atoms with Crippen LogP contribution in [0, 0.1) is 5.92 Å². The SMILES string of the molecule is C[C@H](O)[C@@H]1C(=O)N2C(C(=O)O)=C(SCCn3cccc3)C[C@H]12. The number of nitrogens with zero attached hydrogens (tertiary/aromatic N) is 2. The number of β-lactam (4-membered cyclic amide) rings is 1. The minimum absolute atomic E-state index is 0.101. The fourth-order valence-corrected chi connectivity index (χ4v) is 4.31. The summed E-state index contributed by atoms with van der Waals surface area (Å²) in [5.74, 6) is -1.08. The van der Waals surface area contributed by atoms with Gasteiger partial charge in [0.15, 0.2) is 0 Å². The van der Waals surface area contributed by atoms with Gasteiger partial charge in [0.1, 0.15) is 5.70 Å². The van der Waals surface area contributed by atoms with Crippen LogP contribution in [0.3, 0.4) is 0 Å². The average molecular weight is 322 g/mol. The van der Waals surface area contributed by atoms with Gasteiger partial charge in [0.25, 0.3) is 0 Å². The van der Waals surface area contributed by atoms with Crippen molar-refractivity contribution in [3.05, 3.63) is 35.1 Å². The van der Waals surface area contributed by atoms with E-state index in [-0.39, 0.29) is 17.6 Å². The summed E-state index contributed by atoms with van der Waals surface area (Å²) in [6, 6.07) is 3.69. The number of aliphatic carboxylic acids is 1. The first-order valence-corrected chi connectivity index (χ1v) is 8.20. The number of aliphatic hydroxyl groups excluding tert-OH is 1. The van der Waals surface area contributed by atoms with Crippen LogP contribution >= 0.6 is 11.8 Å². The first-order valence-electron chi connectivity index (χ1n) is 7.22. The summed E-state index contributed by atoms with van der Waals surface area (Å²) in [6.07, 6.45) is 3.70.